The molecule has 0 atom stereocenters. The summed E-state index contributed by atoms with van der Waals surface area (Å²) in [5.41, 5.74) is 3.87. The highest BCUT2D eigenvalue weighted by atomic mass is 32.2. The second-order valence-electron chi connectivity index (χ2n) is 12.2. The molecule has 18 heteroatoms. The first kappa shape index (κ1) is 36.6. The Morgan fingerprint density at radius 3 is 1.42 bits per heavy atom. The summed E-state index contributed by atoms with van der Waals surface area (Å²) in [6, 6.07) is 29.2. The Morgan fingerprint density at radius 1 is 0.545 bits per heavy atom. The van der Waals surface area contributed by atoms with Gasteiger partial charge in [-0.1, -0.05) is 48.5 Å². The van der Waals surface area contributed by atoms with E-state index in [1.807, 2.05) is 13.8 Å². The summed E-state index contributed by atoms with van der Waals surface area (Å²) in [5, 5.41) is 25.1. The number of hydrogen-bond donors (Lipinski definition) is 5. The zero-order valence-corrected chi connectivity index (χ0v) is 30.5. The van der Waals surface area contributed by atoms with Crippen LogP contribution in [-0.4, -0.2) is 40.9 Å². The highest BCUT2D eigenvalue weighted by Crippen LogP contribution is 2.35. The molecule has 7 aromatic rings. The van der Waals surface area contributed by atoms with Crippen molar-refractivity contribution in [1.82, 2.24) is 15.0 Å². The quantitative estimate of drug-likeness (QED) is 0.0649. The van der Waals surface area contributed by atoms with Crippen LogP contribution in [0, 0.1) is 13.8 Å². The van der Waals surface area contributed by atoms with Gasteiger partial charge in [-0.2, -0.15) is 37.0 Å². The predicted octanol–water partition coefficient (Wildman–Crippen LogP) is 8.90. The van der Waals surface area contributed by atoms with Crippen LogP contribution in [0.2, 0.25) is 0 Å². The van der Waals surface area contributed by atoms with Gasteiger partial charge in [-0.15, -0.1) is 10.2 Å². The number of aromatic amines is 1. The molecule has 6 aromatic carbocycles. The zero-order valence-electron chi connectivity index (χ0n) is 28.8. The summed E-state index contributed by atoms with van der Waals surface area (Å²) in [6.45, 7) is 3.64. The third kappa shape index (κ3) is 8.11. The van der Waals surface area contributed by atoms with Crippen molar-refractivity contribution in [2.45, 2.75) is 23.6 Å². The fourth-order valence-corrected chi connectivity index (χ4v) is 7.20. The van der Waals surface area contributed by atoms with E-state index in [-0.39, 0.29) is 21.7 Å². The number of benzene rings is 6. The van der Waals surface area contributed by atoms with Crippen LogP contribution in [0.25, 0.3) is 21.5 Å². The largest absolute Gasteiger partial charge is 0.351 e. The molecule has 276 valence electrons. The third-order valence-electron chi connectivity index (χ3n) is 8.37. The average molecular weight is 776 g/mol. The third-order valence-corrected chi connectivity index (χ3v) is 10.2. The lowest BCUT2D eigenvalue weighted by Gasteiger charge is -2.10. The van der Waals surface area contributed by atoms with Gasteiger partial charge in [0.15, 0.2) is 0 Å². The van der Waals surface area contributed by atoms with Crippen molar-refractivity contribution in [3.63, 3.8) is 0 Å². The molecule has 0 spiro atoms. The molecule has 0 aliphatic carbocycles. The molecule has 55 heavy (non-hydrogen) atoms. The molecule has 0 aliphatic rings. The number of rotatable bonds is 10. The second-order valence-corrected chi connectivity index (χ2v) is 15.0. The molecule has 16 nitrogen and oxygen atoms in total. The molecule has 0 fully saturated rings. The molecular formula is C37H29N9O7S2. The van der Waals surface area contributed by atoms with E-state index in [1.165, 1.54) is 24.3 Å². The van der Waals surface area contributed by atoms with Crippen molar-refractivity contribution >= 4 is 87.8 Å². The van der Waals surface area contributed by atoms with Crippen LogP contribution >= 0.6 is 0 Å². The van der Waals surface area contributed by atoms with Gasteiger partial charge in [-0.25, -0.2) is 4.79 Å². The Hall–Kier alpha value is -6.73. The van der Waals surface area contributed by atoms with Gasteiger partial charge in [-0.05, 0) is 85.6 Å². The van der Waals surface area contributed by atoms with Crippen molar-refractivity contribution in [1.29, 1.82) is 0 Å². The summed E-state index contributed by atoms with van der Waals surface area (Å²) in [5.74, 6) is 0.149. The SMILES string of the molecule is Cc1cc(Nc2nc(Nc3ccc(N=Nc4ccc(S(=O)(=O)O)c5ccccc45)c(C)c3)[nH]c(=O)n2)ccc1N=Nc1ccc(S(=O)(=O)O)c2ccccc12. The highest BCUT2D eigenvalue weighted by Gasteiger charge is 2.17. The summed E-state index contributed by atoms with van der Waals surface area (Å²) in [6.07, 6.45) is 0. The minimum atomic E-state index is -4.43. The van der Waals surface area contributed by atoms with Crippen LogP contribution in [0.4, 0.5) is 46.0 Å². The zero-order chi connectivity index (χ0) is 38.9. The maximum atomic E-state index is 12.5. The smallest absolute Gasteiger partial charge is 0.326 e. The van der Waals surface area contributed by atoms with Crippen LogP contribution in [0.3, 0.4) is 0 Å². The van der Waals surface area contributed by atoms with E-state index in [2.05, 4.69) is 46.0 Å². The van der Waals surface area contributed by atoms with E-state index in [9.17, 15) is 30.7 Å². The number of aromatic nitrogens is 3. The number of nitrogens with zero attached hydrogens (tertiary/aromatic N) is 6. The van der Waals surface area contributed by atoms with Crippen LogP contribution in [0.1, 0.15) is 11.1 Å². The van der Waals surface area contributed by atoms with E-state index in [4.69, 9.17) is 0 Å². The Morgan fingerprint density at radius 2 is 0.964 bits per heavy atom. The lowest BCUT2D eigenvalue weighted by atomic mass is 10.1. The van der Waals surface area contributed by atoms with Gasteiger partial charge in [0, 0.05) is 32.9 Å². The van der Waals surface area contributed by atoms with Crippen molar-refractivity contribution in [2.24, 2.45) is 20.5 Å². The topological polar surface area (TPSA) is 241 Å². The fraction of sp³-hybridized carbons (Fsp3) is 0.0541. The molecule has 1 heterocycles. The number of hydrogen-bond acceptors (Lipinski definition) is 13. The first-order valence-corrected chi connectivity index (χ1v) is 19.2. The normalized spacial score (nSPS) is 12.2. The molecule has 0 amide bonds. The van der Waals surface area contributed by atoms with E-state index in [0.717, 1.165) is 11.1 Å². The van der Waals surface area contributed by atoms with Gasteiger partial charge < -0.3 is 10.6 Å². The molecule has 0 radical (unpaired) electrons. The van der Waals surface area contributed by atoms with Crippen LogP contribution in [-0.2, 0) is 20.2 Å². The molecule has 0 saturated carbocycles. The average Bonchev–Trinajstić information content (AvgIpc) is 3.13. The monoisotopic (exact) mass is 775 g/mol. The molecular weight excluding hydrogens is 747 g/mol. The molecule has 0 bridgehead atoms. The van der Waals surface area contributed by atoms with Crippen molar-refractivity contribution in [3.05, 3.63) is 131 Å². The Bertz CT molecular complexity index is 2810. The molecule has 0 aliphatic heterocycles. The van der Waals surface area contributed by atoms with Crippen LogP contribution in [0.5, 0.6) is 0 Å². The van der Waals surface area contributed by atoms with Crippen molar-refractivity contribution in [2.75, 3.05) is 10.6 Å². The molecule has 7 rings (SSSR count). The number of aryl methyl sites for hydroxylation is 2. The predicted molar refractivity (Wildman–Crippen MR) is 207 cm³/mol. The minimum absolute atomic E-state index is 0.0276. The fourth-order valence-electron chi connectivity index (χ4n) is 5.81. The number of anilines is 4. The van der Waals surface area contributed by atoms with Gasteiger partial charge in [-0.3, -0.25) is 14.1 Å². The number of azo groups is 2. The summed E-state index contributed by atoms with van der Waals surface area (Å²) in [7, 11) is -8.87. The van der Waals surface area contributed by atoms with Crippen molar-refractivity contribution in [3.8, 4) is 0 Å². The van der Waals surface area contributed by atoms with Gasteiger partial charge in [0.25, 0.3) is 20.2 Å². The Kier molecular flexibility index (Phi) is 9.72. The second kappa shape index (κ2) is 14.6. The number of fused-ring (bicyclic) bond motifs is 2. The van der Waals surface area contributed by atoms with E-state index in [0.29, 0.717) is 55.7 Å². The van der Waals surface area contributed by atoms with Gasteiger partial charge in [0.1, 0.15) is 9.79 Å². The maximum Gasteiger partial charge on any atom is 0.351 e. The minimum Gasteiger partial charge on any atom is -0.326 e. The summed E-state index contributed by atoms with van der Waals surface area (Å²) in [4.78, 5) is 22.9. The van der Waals surface area contributed by atoms with Gasteiger partial charge in [0.05, 0.1) is 22.7 Å². The Labute approximate surface area is 313 Å². The van der Waals surface area contributed by atoms with Crippen LogP contribution < -0.4 is 16.3 Å². The lowest BCUT2D eigenvalue weighted by Crippen LogP contribution is -2.16. The van der Waals surface area contributed by atoms with E-state index >= 15 is 0 Å². The highest BCUT2D eigenvalue weighted by molar-refractivity contribution is 7.86. The van der Waals surface area contributed by atoms with Gasteiger partial charge in [0.2, 0.25) is 11.9 Å². The molecule has 5 N–H and O–H groups in total. The van der Waals surface area contributed by atoms with Gasteiger partial charge >= 0.3 is 5.69 Å². The standard InChI is InChI=1S/C37H29N9O7S2/c1-21-19-23(11-13-29(21)43-45-31-15-17-33(54(48,49)50)27-9-5-3-7-25(27)31)38-35-40-36(42-37(47)41-35)39-24-12-14-30(22(2)20-24)44-46-32-16-18-34(55(51,52)53)28-10-6-4-8-26(28)32/h3-20H,1-2H3,(H,48,49,50)(H,51,52,53)(H3,38,39,40,41,42,47). The van der Waals surface area contributed by atoms with Crippen LogP contribution in [0.15, 0.2) is 144 Å². The summed E-state index contributed by atoms with van der Waals surface area (Å²) >= 11 is 0. The molecule has 1 aromatic heterocycles. The van der Waals surface area contributed by atoms with E-state index in [1.54, 1.807) is 84.9 Å². The number of H-pyrrole nitrogens is 1. The molecule has 0 unspecified atom stereocenters. The first-order valence-electron chi connectivity index (χ1n) is 16.3. The Balaban J connectivity index is 1.06. The molecule has 0 saturated heterocycles. The van der Waals surface area contributed by atoms with E-state index < -0.39 is 25.9 Å². The summed E-state index contributed by atoms with van der Waals surface area (Å²) < 4.78 is 66.6. The first-order chi connectivity index (χ1) is 26.2. The maximum absolute atomic E-state index is 12.5. The lowest BCUT2D eigenvalue weighted by molar-refractivity contribution is 0.482. The number of nitrogens with one attached hydrogen (secondary N) is 3. The van der Waals surface area contributed by atoms with Crippen molar-refractivity contribution < 1.29 is 25.9 Å².